The number of amides is 2. The summed E-state index contributed by atoms with van der Waals surface area (Å²) >= 11 is 0. The number of methoxy groups -OCH3 is 1. The minimum absolute atomic E-state index is 0.0407. The number of fused-ring (bicyclic) bond motifs is 1. The molecule has 2 heterocycles. The molecule has 208 valence electrons. The molecular weight excluding hydrogens is 496 g/mol. The van der Waals surface area contributed by atoms with Gasteiger partial charge in [-0.3, -0.25) is 4.90 Å². The van der Waals surface area contributed by atoms with Crippen LogP contribution in [-0.2, 0) is 0 Å². The summed E-state index contributed by atoms with van der Waals surface area (Å²) in [5.41, 5.74) is 4.13. The standard InChI is InChI=1S/C34H40N4O2/c1-25-9-8-22-37(34(39)35-29-18-20-30(40-4)21-19-29)24-32-33(31(38(25)32)23-36(2)3)28-16-14-27(15-17-28)13-12-26-10-6-5-7-11-26/h5-7,10-11,14-21,25,31-33H,8-9,22-24H2,1-4H3,(H,35,39)/t25?,31?,32-,33?/m0/s1. The Morgan fingerprint density at radius 2 is 1.65 bits per heavy atom. The van der Waals surface area contributed by atoms with Gasteiger partial charge >= 0.3 is 6.03 Å². The molecule has 2 aliphatic heterocycles. The van der Waals surface area contributed by atoms with Gasteiger partial charge in [-0.1, -0.05) is 42.2 Å². The summed E-state index contributed by atoms with van der Waals surface area (Å²) in [5, 5.41) is 3.10. The molecule has 3 aromatic rings. The van der Waals surface area contributed by atoms with Gasteiger partial charge in [0.15, 0.2) is 0 Å². The largest absolute Gasteiger partial charge is 0.497 e. The van der Waals surface area contributed by atoms with Crippen LogP contribution in [0.25, 0.3) is 0 Å². The molecule has 1 N–H and O–H groups in total. The second-order valence-electron chi connectivity index (χ2n) is 11.2. The molecule has 5 rings (SSSR count). The van der Waals surface area contributed by atoms with Crippen LogP contribution in [0.4, 0.5) is 10.5 Å². The van der Waals surface area contributed by atoms with E-state index in [-0.39, 0.29) is 12.1 Å². The van der Waals surface area contributed by atoms with Gasteiger partial charge in [0.1, 0.15) is 5.75 Å². The van der Waals surface area contributed by atoms with Gasteiger partial charge in [-0.15, -0.1) is 0 Å². The zero-order valence-corrected chi connectivity index (χ0v) is 24.0. The molecule has 2 aliphatic rings. The summed E-state index contributed by atoms with van der Waals surface area (Å²) in [6.45, 7) is 4.80. The predicted molar refractivity (Wildman–Crippen MR) is 162 cm³/mol. The summed E-state index contributed by atoms with van der Waals surface area (Å²) in [7, 11) is 5.94. The van der Waals surface area contributed by atoms with E-state index in [4.69, 9.17) is 4.74 Å². The molecule has 0 aromatic heterocycles. The van der Waals surface area contributed by atoms with Gasteiger partial charge in [0, 0.05) is 60.5 Å². The number of hydrogen-bond donors (Lipinski definition) is 1. The number of rotatable bonds is 5. The maximum absolute atomic E-state index is 13.4. The van der Waals surface area contributed by atoms with Gasteiger partial charge in [0.05, 0.1) is 7.11 Å². The fraction of sp³-hybridized carbons (Fsp3) is 0.382. The van der Waals surface area contributed by atoms with Crippen LogP contribution in [0, 0.1) is 11.8 Å². The Morgan fingerprint density at radius 3 is 2.30 bits per heavy atom. The zero-order valence-electron chi connectivity index (χ0n) is 24.0. The lowest BCUT2D eigenvalue weighted by Gasteiger charge is -2.60. The Bertz CT molecular complexity index is 1330. The lowest BCUT2D eigenvalue weighted by molar-refractivity contribution is -0.0735. The maximum atomic E-state index is 13.4. The number of ether oxygens (including phenoxy) is 1. The van der Waals surface area contributed by atoms with E-state index in [1.807, 2.05) is 59.5 Å². The fourth-order valence-corrected chi connectivity index (χ4v) is 6.22. The molecule has 2 amide bonds. The van der Waals surface area contributed by atoms with Crippen LogP contribution in [0.15, 0.2) is 78.9 Å². The Balaban J connectivity index is 1.36. The van der Waals surface area contributed by atoms with E-state index in [1.54, 1.807) is 7.11 Å². The first-order chi connectivity index (χ1) is 19.4. The molecule has 3 aromatic carbocycles. The van der Waals surface area contributed by atoms with Crippen LogP contribution in [0.2, 0.25) is 0 Å². The highest BCUT2D eigenvalue weighted by atomic mass is 16.5. The average Bonchev–Trinajstić information content (AvgIpc) is 2.95. The highest BCUT2D eigenvalue weighted by Crippen LogP contribution is 2.44. The molecule has 4 atom stereocenters. The summed E-state index contributed by atoms with van der Waals surface area (Å²) in [6, 6.07) is 27.5. The summed E-state index contributed by atoms with van der Waals surface area (Å²) in [5.74, 6) is 7.68. The van der Waals surface area contributed by atoms with E-state index in [2.05, 4.69) is 72.2 Å². The Hall–Kier alpha value is -3.79. The lowest BCUT2D eigenvalue weighted by Crippen LogP contribution is -2.71. The number of carbonyl (C=O) groups is 1. The second kappa shape index (κ2) is 12.6. The van der Waals surface area contributed by atoms with Crippen LogP contribution in [0.5, 0.6) is 5.75 Å². The number of carbonyl (C=O) groups excluding carboxylic acids is 1. The van der Waals surface area contributed by atoms with Crippen LogP contribution in [-0.4, -0.2) is 79.7 Å². The van der Waals surface area contributed by atoms with Crippen molar-refractivity contribution in [3.8, 4) is 17.6 Å². The molecule has 2 saturated heterocycles. The van der Waals surface area contributed by atoms with Gasteiger partial charge in [0.2, 0.25) is 0 Å². The number of likely N-dealkylation sites (N-methyl/N-ethyl adjacent to an activating group) is 1. The van der Waals surface area contributed by atoms with Crippen molar-refractivity contribution in [1.82, 2.24) is 14.7 Å². The van der Waals surface area contributed by atoms with Crippen molar-refractivity contribution in [2.45, 2.75) is 43.8 Å². The van der Waals surface area contributed by atoms with Gasteiger partial charge in [0.25, 0.3) is 0 Å². The smallest absolute Gasteiger partial charge is 0.321 e. The van der Waals surface area contributed by atoms with Crippen LogP contribution < -0.4 is 10.1 Å². The quantitative estimate of drug-likeness (QED) is 0.437. The third-order valence-electron chi connectivity index (χ3n) is 8.16. The Morgan fingerprint density at radius 1 is 0.975 bits per heavy atom. The van der Waals surface area contributed by atoms with E-state index in [0.29, 0.717) is 24.5 Å². The Kier molecular flexibility index (Phi) is 8.74. The summed E-state index contributed by atoms with van der Waals surface area (Å²) < 4.78 is 5.26. The zero-order chi connectivity index (χ0) is 28.1. The second-order valence-corrected chi connectivity index (χ2v) is 11.2. The van der Waals surface area contributed by atoms with E-state index < -0.39 is 0 Å². The fourth-order valence-electron chi connectivity index (χ4n) is 6.22. The molecule has 0 bridgehead atoms. The molecule has 3 unspecified atom stereocenters. The number of nitrogens with one attached hydrogen (secondary N) is 1. The van der Waals surface area contributed by atoms with Gasteiger partial charge in [-0.2, -0.15) is 0 Å². The van der Waals surface area contributed by atoms with Gasteiger partial charge in [-0.05, 0) is 88.0 Å². The number of nitrogens with zero attached hydrogens (tertiary/aromatic N) is 3. The van der Waals surface area contributed by atoms with E-state index in [1.165, 1.54) is 5.56 Å². The topological polar surface area (TPSA) is 48.1 Å². The highest BCUT2D eigenvalue weighted by Gasteiger charge is 2.51. The molecule has 2 fully saturated rings. The monoisotopic (exact) mass is 536 g/mol. The summed E-state index contributed by atoms with van der Waals surface area (Å²) in [4.78, 5) is 20.4. The predicted octanol–water partition coefficient (Wildman–Crippen LogP) is 5.51. The van der Waals surface area contributed by atoms with Crippen molar-refractivity contribution in [3.05, 3.63) is 95.6 Å². The average molecular weight is 537 g/mol. The van der Waals surface area contributed by atoms with Crippen LogP contribution >= 0.6 is 0 Å². The number of hydrogen-bond acceptors (Lipinski definition) is 4. The van der Waals surface area contributed by atoms with Crippen molar-refractivity contribution >= 4 is 11.7 Å². The van der Waals surface area contributed by atoms with E-state index in [9.17, 15) is 4.79 Å². The lowest BCUT2D eigenvalue weighted by atomic mass is 9.72. The first-order valence-electron chi connectivity index (χ1n) is 14.2. The van der Waals surface area contributed by atoms with Gasteiger partial charge < -0.3 is 19.9 Å². The molecule has 0 spiro atoms. The van der Waals surface area contributed by atoms with Crippen LogP contribution in [0.1, 0.15) is 42.4 Å². The summed E-state index contributed by atoms with van der Waals surface area (Å²) in [6.07, 6.45) is 2.07. The molecule has 40 heavy (non-hydrogen) atoms. The SMILES string of the molecule is COc1ccc(NC(=O)N2CCCC(C)N3C(CN(C)C)C(c4ccc(C#Cc5ccccc5)cc4)[C@@H]3C2)cc1. The maximum Gasteiger partial charge on any atom is 0.321 e. The molecular formula is C34H40N4O2. The minimum Gasteiger partial charge on any atom is -0.497 e. The minimum atomic E-state index is -0.0407. The number of urea groups is 1. The third kappa shape index (κ3) is 6.33. The van der Waals surface area contributed by atoms with E-state index in [0.717, 1.165) is 48.5 Å². The van der Waals surface area contributed by atoms with Gasteiger partial charge in [-0.25, -0.2) is 4.79 Å². The van der Waals surface area contributed by atoms with Crippen molar-refractivity contribution in [2.75, 3.05) is 46.2 Å². The molecule has 0 aliphatic carbocycles. The van der Waals surface area contributed by atoms with Crippen molar-refractivity contribution in [3.63, 3.8) is 0 Å². The molecule has 0 radical (unpaired) electrons. The molecule has 6 heteroatoms. The first kappa shape index (κ1) is 27.8. The number of benzene rings is 3. The third-order valence-corrected chi connectivity index (χ3v) is 8.16. The first-order valence-corrected chi connectivity index (χ1v) is 14.2. The van der Waals surface area contributed by atoms with E-state index >= 15 is 0 Å². The highest BCUT2D eigenvalue weighted by molar-refractivity contribution is 5.89. The molecule has 6 nitrogen and oxygen atoms in total. The van der Waals surface area contributed by atoms with Crippen molar-refractivity contribution in [1.29, 1.82) is 0 Å². The number of anilines is 1. The molecule has 0 saturated carbocycles. The Labute approximate surface area is 238 Å². The normalized spacial score (nSPS) is 22.7. The van der Waals surface area contributed by atoms with Crippen LogP contribution in [0.3, 0.4) is 0 Å². The van der Waals surface area contributed by atoms with Crippen molar-refractivity contribution in [2.24, 2.45) is 0 Å². The van der Waals surface area contributed by atoms with Crippen molar-refractivity contribution < 1.29 is 9.53 Å².